The van der Waals surface area contributed by atoms with Gasteiger partial charge in [-0.05, 0) is 23.3 Å². The molecule has 8 nitrogen and oxygen atoms in total. The van der Waals surface area contributed by atoms with Crippen LogP contribution in [-0.2, 0) is 11.3 Å². The van der Waals surface area contributed by atoms with Crippen molar-refractivity contribution < 1.29 is 9.59 Å². The van der Waals surface area contributed by atoms with Gasteiger partial charge in [0.05, 0.1) is 12.1 Å². The number of hydrogen-bond acceptors (Lipinski definition) is 5. The molecular weight excluding hydrogens is 452 g/mol. The van der Waals surface area contributed by atoms with Crippen molar-refractivity contribution in [1.29, 1.82) is 0 Å². The quantitative estimate of drug-likeness (QED) is 0.439. The summed E-state index contributed by atoms with van der Waals surface area (Å²) in [6.45, 7) is 2.65. The molecule has 2 aromatic heterocycles. The van der Waals surface area contributed by atoms with Gasteiger partial charge in [0, 0.05) is 50.3 Å². The van der Waals surface area contributed by atoms with Gasteiger partial charge in [0.15, 0.2) is 0 Å². The lowest BCUT2D eigenvalue weighted by molar-refractivity contribution is -0.124. The Morgan fingerprint density at radius 1 is 0.889 bits per heavy atom. The van der Waals surface area contributed by atoms with Gasteiger partial charge in [-0.25, -0.2) is 0 Å². The Morgan fingerprint density at radius 3 is 2.22 bits per heavy atom. The summed E-state index contributed by atoms with van der Waals surface area (Å²) in [5.74, 6) is -0.467. The third-order valence-electron chi connectivity index (χ3n) is 6.47. The first-order valence-electron chi connectivity index (χ1n) is 12.0. The van der Waals surface area contributed by atoms with Gasteiger partial charge in [-0.3, -0.25) is 24.2 Å². The minimum atomic E-state index is -0.511. The average molecular weight is 481 g/mol. The summed E-state index contributed by atoms with van der Waals surface area (Å²) in [6, 6.07) is 22.8. The largest absolute Gasteiger partial charge is 0.368 e. The summed E-state index contributed by atoms with van der Waals surface area (Å²) in [7, 11) is 0. The minimum Gasteiger partial charge on any atom is -0.368 e. The number of aromatic nitrogens is 3. The van der Waals surface area contributed by atoms with Crippen molar-refractivity contribution in [3.63, 3.8) is 0 Å². The average Bonchev–Trinajstić information content (AvgIpc) is 3.34. The van der Waals surface area contributed by atoms with E-state index in [2.05, 4.69) is 4.98 Å². The zero-order chi connectivity index (χ0) is 24.9. The molecule has 2 amide bonds. The number of rotatable bonds is 7. The zero-order valence-corrected chi connectivity index (χ0v) is 19.9. The minimum absolute atomic E-state index is 0.0804. The molecule has 182 valence electrons. The van der Waals surface area contributed by atoms with E-state index in [-0.39, 0.29) is 11.8 Å². The molecule has 0 spiro atoms. The third kappa shape index (κ3) is 5.04. The summed E-state index contributed by atoms with van der Waals surface area (Å²) in [6.07, 6.45) is 5.24. The van der Waals surface area contributed by atoms with Crippen molar-refractivity contribution >= 4 is 11.8 Å². The predicted octanol–water partition coefficient (Wildman–Crippen LogP) is 2.98. The van der Waals surface area contributed by atoms with Gasteiger partial charge in [-0.2, -0.15) is 5.10 Å². The van der Waals surface area contributed by atoms with Crippen LogP contribution in [-0.4, -0.2) is 62.6 Å². The van der Waals surface area contributed by atoms with E-state index in [1.54, 1.807) is 17.1 Å². The molecule has 3 heterocycles. The molecule has 5 rings (SSSR count). The molecule has 0 unspecified atom stereocenters. The van der Waals surface area contributed by atoms with E-state index in [0.29, 0.717) is 44.0 Å². The van der Waals surface area contributed by atoms with Crippen LogP contribution in [0.5, 0.6) is 0 Å². The van der Waals surface area contributed by atoms with Crippen molar-refractivity contribution in [2.24, 2.45) is 5.73 Å². The monoisotopic (exact) mass is 480 g/mol. The highest BCUT2D eigenvalue weighted by Gasteiger charge is 2.32. The van der Waals surface area contributed by atoms with Gasteiger partial charge in [0.2, 0.25) is 5.91 Å². The highest BCUT2D eigenvalue weighted by atomic mass is 16.2. The second-order valence-corrected chi connectivity index (χ2v) is 8.86. The van der Waals surface area contributed by atoms with Crippen LogP contribution in [0.4, 0.5) is 0 Å². The molecule has 1 saturated heterocycles. The number of benzene rings is 2. The van der Waals surface area contributed by atoms with Crippen LogP contribution in [0.3, 0.4) is 0 Å². The fraction of sp³-hybridized carbons (Fsp3) is 0.214. The van der Waals surface area contributed by atoms with E-state index in [1.807, 2.05) is 88.8 Å². The Kier molecular flexibility index (Phi) is 6.86. The Bertz CT molecular complexity index is 1320. The number of carbonyl (C=O) groups excluding carboxylic acids is 2. The first kappa shape index (κ1) is 23.4. The molecule has 1 atom stereocenters. The van der Waals surface area contributed by atoms with E-state index in [4.69, 9.17) is 10.8 Å². The lowest BCUT2D eigenvalue weighted by atomic mass is 10.0. The van der Waals surface area contributed by atoms with Gasteiger partial charge in [0.25, 0.3) is 5.91 Å². The highest BCUT2D eigenvalue weighted by Crippen LogP contribution is 2.26. The fourth-order valence-electron chi connectivity index (χ4n) is 4.69. The van der Waals surface area contributed by atoms with Crippen molar-refractivity contribution in [3.05, 3.63) is 108 Å². The van der Waals surface area contributed by atoms with Crippen molar-refractivity contribution in [1.82, 2.24) is 24.6 Å². The smallest absolute Gasteiger partial charge is 0.257 e. The lowest BCUT2D eigenvalue weighted by Crippen LogP contribution is -2.51. The Balaban J connectivity index is 1.36. The van der Waals surface area contributed by atoms with E-state index in [9.17, 15) is 9.59 Å². The molecule has 8 heteroatoms. The molecule has 0 saturated carbocycles. The molecule has 0 aliphatic carbocycles. The van der Waals surface area contributed by atoms with Crippen molar-refractivity contribution in [2.45, 2.75) is 12.6 Å². The molecule has 0 bridgehead atoms. The van der Waals surface area contributed by atoms with Crippen LogP contribution in [0.25, 0.3) is 11.3 Å². The third-order valence-corrected chi connectivity index (χ3v) is 6.47. The molecule has 4 aromatic rings. The maximum absolute atomic E-state index is 13.7. The SMILES string of the molecule is NC(=O)[C@@H](c1ccccc1)N1CCN(C(=O)c2cn(Cc3ccccc3)nc2-c2cccnc2)CC1. The van der Waals surface area contributed by atoms with Gasteiger partial charge in [0.1, 0.15) is 11.7 Å². The second-order valence-electron chi connectivity index (χ2n) is 8.86. The molecule has 1 aliphatic rings. The number of piperazine rings is 1. The molecular formula is C28H28N6O2. The number of hydrogen-bond donors (Lipinski definition) is 1. The number of nitrogens with two attached hydrogens (primary N) is 1. The zero-order valence-electron chi connectivity index (χ0n) is 19.9. The maximum Gasteiger partial charge on any atom is 0.257 e. The Hall–Kier alpha value is -4.30. The molecule has 36 heavy (non-hydrogen) atoms. The number of primary amides is 1. The first-order chi connectivity index (χ1) is 17.6. The molecule has 2 aromatic carbocycles. The number of amides is 2. The van der Waals surface area contributed by atoms with Gasteiger partial charge in [-0.1, -0.05) is 60.7 Å². The van der Waals surface area contributed by atoms with Crippen LogP contribution in [0.2, 0.25) is 0 Å². The first-order valence-corrected chi connectivity index (χ1v) is 12.0. The van der Waals surface area contributed by atoms with Crippen LogP contribution in [0, 0.1) is 0 Å². The topological polar surface area (TPSA) is 97.4 Å². The molecule has 2 N–H and O–H groups in total. The Morgan fingerprint density at radius 2 is 1.58 bits per heavy atom. The predicted molar refractivity (Wildman–Crippen MR) is 137 cm³/mol. The number of pyridine rings is 1. The van der Waals surface area contributed by atoms with Gasteiger partial charge in [-0.15, -0.1) is 0 Å². The standard InChI is InChI=1S/C28H28N6O2/c29-27(35)26(22-10-5-2-6-11-22)32-14-16-33(17-15-32)28(36)24-20-34(19-21-8-3-1-4-9-21)31-25(24)23-12-7-13-30-18-23/h1-13,18,20,26H,14-17,19H2,(H2,29,35)/t26-/m1/s1. The summed E-state index contributed by atoms with van der Waals surface area (Å²) in [5, 5.41) is 4.76. The van der Waals surface area contributed by atoms with Gasteiger partial charge >= 0.3 is 0 Å². The lowest BCUT2D eigenvalue weighted by Gasteiger charge is -2.38. The van der Waals surface area contributed by atoms with Gasteiger partial charge < -0.3 is 10.6 Å². The summed E-state index contributed by atoms with van der Waals surface area (Å²) >= 11 is 0. The Labute approximate surface area is 210 Å². The van der Waals surface area contributed by atoms with Crippen LogP contribution >= 0.6 is 0 Å². The number of carbonyl (C=O) groups is 2. The van der Waals surface area contributed by atoms with Crippen LogP contribution in [0.1, 0.15) is 27.5 Å². The second kappa shape index (κ2) is 10.5. The fourth-order valence-corrected chi connectivity index (χ4v) is 4.69. The van der Waals surface area contributed by atoms with E-state index >= 15 is 0 Å². The highest BCUT2D eigenvalue weighted by molar-refractivity contribution is 5.99. The number of nitrogens with zero attached hydrogens (tertiary/aromatic N) is 5. The van der Waals surface area contributed by atoms with Crippen LogP contribution < -0.4 is 5.73 Å². The summed E-state index contributed by atoms with van der Waals surface area (Å²) in [5.41, 5.74) is 9.68. The molecule has 0 radical (unpaired) electrons. The van der Waals surface area contributed by atoms with Crippen LogP contribution in [0.15, 0.2) is 91.4 Å². The van der Waals surface area contributed by atoms with E-state index in [0.717, 1.165) is 16.7 Å². The summed E-state index contributed by atoms with van der Waals surface area (Å²) < 4.78 is 1.81. The maximum atomic E-state index is 13.7. The van der Waals surface area contributed by atoms with Crippen molar-refractivity contribution in [2.75, 3.05) is 26.2 Å². The summed E-state index contributed by atoms with van der Waals surface area (Å²) in [4.78, 5) is 34.0. The van der Waals surface area contributed by atoms with E-state index in [1.165, 1.54) is 0 Å². The van der Waals surface area contributed by atoms with E-state index < -0.39 is 6.04 Å². The molecule has 1 fully saturated rings. The molecule has 1 aliphatic heterocycles. The van der Waals surface area contributed by atoms with Crippen molar-refractivity contribution in [3.8, 4) is 11.3 Å². The normalized spacial score (nSPS) is 14.9.